The zero-order valence-electron chi connectivity index (χ0n) is 13.5. The van der Waals surface area contributed by atoms with Crippen molar-refractivity contribution in [1.82, 2.24) is 15.2 Å². The predicted octanol–water partition coefficient (Wildman–Crippen LogP) is 3.34. The van der Waals surface area contributed by atoms with Gasteiger partial charge in [0, 0.05) is 21.9 Å². The zero-order chi connectivity index (χ0) is 16.4. The van der Waals surface area contributed by atoms with Crippen LogP contribution in [0.5, 0.6) is 0 Å². The molecule has 23 heavy (non-hydrogen) atoms. The minimum absolute atomic E-state index is 0.0308. The molecule has 1 aliphatic heterocycles. The Hall–Kier alpha value is -1.59. The maximum Gasteiger partial charge on any atom is 0.253 e. The molecule has 0 radical (unpaired) electrons. The number of amides is 1. The van der Waals surface area contributed by atoms with E-state index >= 15 is 0 Å². The van der Waals surface area contributed by atoms with Gasteiger partial charge in [-0.25, -0.2) is 0 Å². The first-order chi connectivity index (χ1) is 11.1. The summed E-state index contributed by atoms with van der Waals surface area (Å²) in [6.07, 6.45) is 1.99. The molecule has 5 heteroatoms. The van der Waals surface area contributed by atoms with Crippen molar-refractivity contribution in [1.29, 1.82) is 0 Å². The molecular weight excluding hydrogens is 354 g/mol. The van der Waals surface area contributed by atoms with Crippen molar-refractivity contribution < 1.29 is 4.79 Å². The molecule has 2 aromatic rings. The number of aryl methyl sites for hydroxylation is 1. The molecule has 1 amide bonds. The second kappa shape index (κ2) is 6.89. The highest BCUT2D eigenvalue weighted by atomic mass is 79.9. The highest BCUT2D eigenvalue weighted by Crippen LogP contribution is 2.26. The van der Waals surface area contributed by atoms with Crippen LogP contribution < -0.4 is 10.6 Å². The molecule has 0 aliphatic carbocycles. The Kier molecular flexibility index (Phi) is 4.87. The number of halogens is 1. The van der Waals surface area contributed by atoms with Crippen molar-refractivity contribution >= 4 is 21.8 Å². The minimum atomic E-state index is 0.0308. The third-order valence-corrected chi connectivity index (χ3v) is 5.11. The number of hydrogen-bond acceptors (Lipinski definition) is 2. The van der Waals surface area contributed by atoms with Gasteiger partial charge in [0.2, 0.25) is 0 Å². The number of carbonyl (C=O) groups excluding carboxylic acids is 1. The molecule has 1 fully saturated rings. The van der Waals surface area contributed by atoms with Crippen molar-refractivity contribution in [3.8, 4) is 5.69 Å². The van der Waals surface area contributed by atoms with Gasteiger partial charge in [-0.05, 0) is 73.9 Å². The smallest absolute Gasteiger partial charge is 0.253 e. The van der Waals surface area contributed by atoms with Gasteiger partial charge in [-0.1, -0.05) is 12.1 Å². The van der Waals surface area contributed by atoms with E-state index in [1.165, 1.54) is 0 Å². The number of carbonyl (C=O) groups is 1. The Morgan fingerprint density at radius 2 is 1.96 bits per heavy atom. The molecule has 0 spiro atoms. The van der Waals surface area contributed by atoms with Gasteiger partial charge < -0.3 is 15.2 Å². The van der Waals surface area contributed by atoms with E-state index in [0.29, 0.717) is 0 Å². The average molecular weight is 376 g/mol. The summed E-state index contributed by atoms with van der Waals surface area (Å²) < 4.78 is 3.15. The number of nitrogens with one attached hydrogen (secondary N) is 2. The molecule has 0 bridgehead atoms. The highest BCUT2D eigenvalue weighted by Gasteiger charge is 2.21. The van der Waals surface area contributed by atoms with Gasteiger partial charge in [0.05, 0.1) is 11.3 Å². The summed E-state index contributed by atoms with van der Waals surface area (Å²) in [6, 6.07) is 10.3. The molecule has 3 rings (SSSR count). The van der Waals surface area contributed by atoms with Crippen LogP contribution in [0, 0.1) is 13.8 Å². The first-order valence-corrected chi connectivity index (χ1v) is 8.82. The molecule has 2 N–H and O–H groups in total. The van der Waals surface area contributed by atoms with Crippen LogP contribution >= 0.6 is 15.9 Å². The van der Waals surface area contributed by atoms with Crippen LogP contribution in [0.15, 0.2) is 34.8 Å². The topological polar surface area (TPSA) is 46.1 Å². The van der Waals surface area contributed by atoms with Gasteiger partial charge in [-0.2, -0.15) is 0 Å². The summed E-state index contributed by atoms with van der Waals surface area (Å²) in [6.45, 7) is 5.99. The second-order valence-corrected chi connectivity index (χ2v) is 6.92. The van der Waals surface area contributed by atoms with Gasteiger partial charge in [0.15, 0.2) is 0 Å². The number of rotatable bonds is 3. The molecule has 122 valence electrons. The average Bonchev–Trinajstić information content (AvgIpc) is 2.84. The molecule has 0 saturated carbocycles. The summed E-state index contributed by atoms with van der Waals surface area (Å²) in [5, 5.41) is 6.50. The number of aromatic nitrogens is 1. The Morgan fingerprint density at radius 3 is 2.65 bits per heavy atom. The van der Waals surface area contributed by atoms with E-state index in [-0.39, 0.29) is 11.9 Å². The van der Waals surface area contributed by atoms with Crippen LogP contribution in [-0.4, -0.2) is 29.6 Å². The quantitative estimate of drug-likeness (QED) is 0.863. The van der Waals surface area contributed by atoms with Crippen molar-refractivity contribution in [2.45, 2.75) is 32.7 Å². The van der Waals surface area contributed by atoms with E-state index in [0.717, 1.165) is 53.0 Å². The van der Waals surface area contributed by atoms with Crippen LogP contribution in [0.1, 0.15) is 34.6 Å². The Balaban J connectivity index is 1.88. The summed E-state index contributed by atoms with van der Waals surface area (Å²) in [5.74, 6) is 0.0308. The lowest BCUT2D eigenvalue weighted by atomic mass is 10.1. The lowest BCUT2D eigenvalue weighted by molar-refractivity contribution is 0.0929. The summed E-state index contributed by atoms with van der Waals surface area (Å²) >= 11 is 3.60. The zero-order valence-corrected chi connectivity index (χ0v) is 15.1. The fraction of sp³-hybridized carbons (Fsp3) is 0.389. The Bertz CT molecular complexity index is 717. The van der Waals surface area contributed by atoms with Gasteiger partial charge in [0.1, 0.15) is 0 Å². The lowest BCUT2D eigenvalue weighted by Gasteiger charge is -2.23. The van der Waals surface area contributed by atoms with Crippen LogP contribution in [0.3, 0.4) is 0 Å². The monoisotopic (exact) mass is 375 g/mol. The van der Waals surface area contributed by atoms with Crippen molar-refractivity contribution in [2.24, 2.45) is 0 Å². The van der Waals surface area contributed by atoms with E-state index in [4.69, 9.17) is 0 Å². The number of piperidine rings is 1. The normalized spacial score (nSPS) is 15.6. The maximum absolute atomic E-state index is 12.7. The molecular formula is C18H22BrN3O. The first-order valence-electron chi connectivity index (χ1n) is 8.03. The van der Waals surface area contributed by atoms with E-state index in [9.17, 15) is 4.79 Å². The first kappa shape index (κ1) is 16.3. The molecule has 1 saturated heterocycles. The molecule has 0 atom stereocenters. The predicted molar refractivity (Wildman–Crippen MR) is 96.3 cm³/mol. The SMILES string of the molecule is Cc1cc(C(=O)NC2CCNCC2)c(C)n1-c1ccccc1Br. The van der Waals surface area contributed by atoms with E-state index in [1.807, 2.05) is 38.1 Å². The standard InChI is InChI=1S/C18H22BrN3O/c1-12-11-15(18(23)21-14-7-9-20-10-8-14)13(2)22(12)17-6-4-3-5-16(17)19/h3-6,11,14,20H,7-10H2,1-2H3,(H,21,23). The van der Waals surface area contributed by atoms with Crippen molar-refractivity contribution in [3.63, 3.8) is 0 Å². The van der Waals surface area contributed by atoms with Gasteiger partial charge >= 0.3 is 0 Å². The lowest BCUT2D eigenvalue weighted by Crippen LogP contribution is -2.42. The van der Waals surface area contributed by atoms with Gasteiger partial charge in [-0.3, -0.25) is 4.79 Å². The van der Waals surface area contributed by atoms with Crippen LogP contribution in [-0.2, 0) is 0 Å². The summed E-state index contributed by atoms with van der Waals surface area (Å²) in [7, 11) is 0. The van der Waals surface area contributed by atoms with E-state index < -0.39 is 0 Å². The largest absolute Gasteiger partial charge is 0.349 e. The number of benzene rings is 1. The highest BCUT2D eigenvalue weighted by molar-refractivity contribution is 9.10. The molecule has 2 heterocycles. The fourth-order valence-corrected chi connectivity index (χ4v) is 3.69. The summed E-state index contributed by atoms with van der Waals surface area (Å²) in [4.78, 5) is 12.7. The third kappa shape index (κ3) is 3.35. The second-order valence-electron chi connectivity index (χ2n) is 6.07. The number of para-hydroxylation sites is 1. The Labute approximate surface area is 145 Å². The molecule has 1 aromatic carbocycles. The minimum Gasteiger partial charge on any atom is -0.349 e. The van der Waals surface area contributed by atoms with E-state index in [1.54, 1.807) is 0 Å². The van der Waals surface area contributed by atoms with Crippen LogP contribution in [0.2, 0.25) is 0 Å². The fourth-order valence-electron chi connectivity index (χ4n) is 3.23. The molecule has 1 aliphatic rings. The van der Waals surface area contributed by atoms with Crippen molar-refractivity contribution in [3.05, 3.63) is 51.8 Å². The third-order valence-electron chi connectivity index (χ3n) is 4.44. The molecule has 4 nitrogen and oxygen atoms in total. The van der Waals surface area contributed by atoms with Gasteiger partial charge in [0.25, 0.3) is 5.91 Å². The van der Waals surface area contributed by atoms with Gasteiger partial charge in [-0.15, -0.1) is 0 Å². The Morgan fingerprint density at radius 1 is 1.26 bits per heavy atom. The number of nitrogens with zero attached hydrogens (tertiary/aromatic N) is 1. The van der Waals surface area contributed by atoms with Crippen molar-refractivity contribution in [2.75, 3.05) is 13.1 Å². The van der Waals surface area contributed by atoms with E-state index in [2.05, 4.69) is 37.2 Å². The molecule has 1 aromatic heterocycles. The number of hydrogen-bond donors (Lipinski definition) is 2. The summed E-state index contributed by atoms with van der Waals surface area (Å²) in [5.41, 5.74) is 3.85. The molecule has 0 unspecified atom stereocenters. The van der Waals surface area contributed by atoms with Crippen LogP contribution in [0.4, 0.5) is 0 Å². The van der Waals surface area contributed by atoms with Crippen LogP contribution in [0.25, 0.3) is 5.69 Å². The maximum atomic E-state index is 12.7.